The van der Waals surface area contributed by atoms with Gasteiger partial charge in [-0.25, -0.2) is 13.2 Å². The molecule has 0 aliphatic rings. The van der Waals surface area contributed by atoms with Crippen LogP contribution in [0.4, 0.5) is 21.9 Å². The van der Waals surface area contributed by atoms with Gasteiger partial charge in [-0.1, -0.05) is 12.1 Å². The van der Waals surface area contributed by atoms with E-state index in [0.717, 1.165) is 5.56 Å². The lowest BCUT2D eigenvalue weighted by atomic mass is 10.1. The van der Waals surface area contributed by atoms with Crippen LogP contribution in [-0.4, -0.2) is 33.2 Å². The summed E-state index contributed by atoms with van der Waals surface area (Å²) < 4.78 is 31.2. The first-order valence-electron chi connectivity index (χ1n) is 9.27. The molecule has 2 aromatic carbocycles. The molecular weight excluding hydrogens is 408 g/mol. The molecule has 10 heteroatoms. The topological polar surface area (TPSA) is 126 Å². The summed E-state index contributed by atoms with van der Waals surface area (Å²) in [5, 5.41) is 8.20. The summed E-state index contributed by atoms with van der Waals surface area (Å²) in [5.74, 6) is 0.0320. The number of nitrogens with one attached hydrogen (secondary N) is 4. The van der Waals surface area contributed by atoms with Crippen LogP contribution in [0.2, 0.25) is 0 Å². The summed E-state index contributed by atoms with van der Waals surface area (Å²) in [5.41, 5.74) is 2.18. The average molecular weight is 435 g/mol. The molecule has 162 valence electrons. The molecule has 0 heterocycles. The lowest BCUT2D eigenvalue weighted by Crippen LogP contribution is -2.31. The third kappa shape index (κ3) is 6.66. The Labute approximate surface area is 176 Å². The quantitative estimate of drug-likeness (QED) is 0.507. The Bertz CT molecular complexity index is 1020. The van der Waals surface area contributed by atoms with Crippen LogP contribution in [0.15, 0.2) is 42.5 Å². The third-order valence-electron chi connectivity index (χ3n) is 4.16. The highest BCUT2D eigenvalue weighted by Crippen LogP contribution is 2.29. The van der Waals surface area contributed by atoms with Gasteiger partial charge in [-0.2, -0.15) is 0 Å². The zero-order chi connectivity index (χ0) is 22.3. The first-order chi connectivity index (χ1) is 14.1. The van der Waals surface area contributed by atoms with Crippen molar-refractivity contribution in [3.8, 4) is 5.75 Å². The van der Waals surface area contributed by atoms with E-state index in [0.29, 0.717) is 11.4 Å². The summed E-state index contributed by atoms with van der Waals surface area (Å²) in [6.07, 6.45) is 0. The van der Waals surface area contributed by atoms with Crippen molar-refractivity contribution >= 4 is 39.0 Å². The maximum atomic E-state index is 12.4. The molecule has 2 aromatic rings. The Kier molecular flexibility index (Phi) is 7.65. The van der Waals surface area contributed by atoms with Gasteiger partial charge in [0.2, 0.25) is 15.9 Å². The number of carbonyl (C=O) groups excluding carboxylic acids is 2. The SMILES string of the molecule is CCS(=O)(=O)Nc1ccc(NC(=O)NC(C)c2cccc(NC(C)=O)c2)cc1OC. The van der Waals surface area contributed by atoms with Gasteiger partial charge < -0.3 is 20.7 Å². The van der Waals surface area contributed by atoms with Gasteiger partial charge in [-0.15, -0.1) is 0 Å². The maximum absolute atomic E-state index is 12.4. The minimum Gasteiger partial charge on any atom is -0.494 e. The standard InChI is InChI=1S/C20H26N4O5S/c1-5-30(27,28)24-18-10-9-17(12-19(18)29-4)23-20(26)21-13(2)15-7-6-8-16(11-15)22-14(3)25/h6-13,24H,5H2,1-4H3,(H,22,25)(H2,21,23,26). The van der Waals surface area contributed by atoms with Crippen molar-refractivity contribution in [1.82, 2.24) is 5.32 Å². The minimum atomic E-state index is -3.45. The van der Waals surface area contributed by atoms with Gasteiger partial charge in [0.1, 0.15) is 5.75 Å². The summed E-state index contributed by atoms with van der Waals surface area (Å²) in [7, 11) is -2.04. The fourth-order valence-electron chi connectivity index (χ4n) is 2.63. The van der Waals surface area contributed by atoms with Crippen molar-refractivity contribution in [2.45, 2.75) is 26.8 Å². The lowest BCUT2D eigenvalue weighted by molar-refractivity contribution is -0.114. The minimum absolute atomic E-state index is 0.0699. The second-order valence-corrected chi connectivity index (χ2v) is 8.56. The fourth-order valence-corrected chi connectivity index (χ4v) is 3.28. The first-order valence-corrected chi connectivity index (χ1v) is 10.9. The molecule has 0 saturated heterocycles. The molecular formula is C20H26N4O5S. The molecule has 1 atom stereocenters. The van der Waals surface area contributed by atoms with Crippen molar-refractivity contribution in [2.24, 2.45) is 0 Å². The van der Waals surface area contributed by atoms with E-state index in [1.807, 2.05) is 13.0 Å². The molecule has 0 spiro atoms. The van der Waals surface area contributed by atoms with E-state index in [1.165, 1.54) is 33.1 Å². The largest absolute Gasteiger partial charge is 0.494 e. The highest BCUT2D eigenvalue weighted by molar-refractivity contribution is 7.92. The van der Waals surface area contributed by atoms with Crippen LogP contribution in [0.25, 0.3) is 0 Å². The average Bonchev–Trinajstić information content (AvgIpc) is 2.68. The number of anilines is 3. The van der Waals surface area contributed by atoms with Crippen molar-refractivity contribution in [1.29, 1.82) is 0 Å². The van der Waals surface area contributed by atoms with Crippen molar-refractivity contribution in [3.05, 3.63) is 48.0 Å². The molecule has 0 radical (unpaired) electrons. The molecule has 3 amide bonds. The predicted molar refractivity (Wildman–Crippen MR) is 117 cm³/mol. The smallest absolute Gasteiger partial charge is 0.319 e. The summed E-state index contributed by atoms with van der Waals surface area (Å²) in [4.78, 5) is 23.6. The number of hydrogen-bond donors (Lipinski definition) is 4. The van der Waals surface area contributed by atoms with Crippen molar-refractivity contribution in [3.63, 3.8) is 0 Å². The fraction of sp³-hybridized carbons (Fsp3) is 0.300. The second kappa shape index (κ2) is 9.97. The molecule has 0 fully saturated rings. The molecule has 0 aliphatic heterocycles. The normalized spacial score (nSPS) is 11.9. The van der Waals surface area contributed by atoms with E-state index in [1.54, 1.807) is 24.3 Å². The summed E-state index contributed by atoms with van der Waals surface area (Å²) >= 11 is 0. The van der Waals surface area contributed by atoms with Crippen LogP contribution in [-0.2, 0) is 14.8 Å². The molecule has 0 bridgehead atoms. The summed E-state index contributed by atoms with van der Waals surface area (Å²) in [6.45, 7) is 4.77. The van der Waals surface area contributed by atoms with E-state index in [-0.39, 0.29) is 29.1 Å². The van der Waals surface area contributed by atoms with Gasteiger partial charge in [0, 0.05) is 24.4 Å². The number of carbonyl (C=O) groups is 2. The first kappa shape index (κ1) is 23.0. The third-order valence-corrected chi connectivity index (χ3v) is 5.45. The van der Waals surface area contributed by atoms with Crippen LogP contribution in [0.3, 0.4) is 0 Å². The van der Waals surface area contributed by atoms with Crippen LogP contribution in [0.5, 0.6) is 5.75 Å². The Morgan fingerprint density at radius 2 is 1.77 bits per heavy atom. The zero-order valence-corrected chi connectivity index (χ0v) is 18.1. The Morgan fingerprint density at radius 1 is 1.07 bits per heavy atom. The maximum Gasteiger partial charge on any atom is 0.319 e. The number of amides is 3. The van der Waals surface area contributed by atoms with Crippen LogP contribution in [0.1, 0.15) is 32.4 Å². The lowest BCUT2D eigenvalue weighted by Gasteiger charge is -2.17. The zero-order valence-electron chi connectivity index (χ0n) is 17.3. The Balaban J connectivity index is 2.06. The van der Waals surface area contributed by atoms with Crippen LogP contribution >= 0.6 is 0 Å². The van der Waals surface area contributed by atoms with Gasteiger partial charge in [0.25, 0.3) is 0 Å². The Morgan fingerprint density at radius 3 is 2.40 bits per heavy atom. The monoisotopic (exact) mass is 434 g/mol. The number of methoxy groups -OCH3 is 1. The van der Waals surface area contributed by atoms with E-state index in [4.69, 9.17) is 4.74 Å². The van der Waals surface area contributed by atoms with E-state index < -0.39 is 16.1 Å². The predicted octanol–water partition coefficient (Wildman–Crippen LogP) is 3.30. The number of rotatable bonds is 8. The molecule has 0 aliphatic carbocycles. The Hall–Kier alpha value is -3.27. The van der Waals surface area contributed by atoms with Crippen LogP contribution < -0.4 is 25.4 Å². The molecule has 9 nitrogen and oxygen atoms in total. The van der Waals surface area contributed by atoms with Gasteiger partial charge in [-0.05, 0) is 43.7 Å². The summed E-state index contributed by atoms with van der Waals surface area (Å²) in [6, 6.07) is 11.0. The van der Waals surface area contributed by atoms with Gasteiger partial charge >= 0.3 is 6.03 Å². The molecule has 1 unspecified atom stereocenters. The van der Waals surface area contributed by atoms with E-state index in [9.17, 15) is 18.0 Å². The number of hydrogen-bond acceptors (Lipinski definition) is 5. The molecule has 2 rings (SSSR count). The highest BCUT2D eigenvalue weighted by atomic mass is 32.2. The highest BCUT2D eigenvalue weighted by Gasteiger charge is 2.14. The molecule has 0 aromatic heterocycles. The molecule has 30 heavy (non-hydrogen) atoms. The van der Waals surface area contributed by atoms with E-state index >= 15 is 0 Å². The molecule has 0 saturated carbocycles. The number of sulfonamides is 1. The van der Waals surface area contributed by atoms with Gasteiger partial charge in [0.05, 0.1) is 24.6 Å². The second-order valence-electron chi connectivity index (χ2n) is 6.55. The van der Waals surface area contributed by atoms with E-state index in [2.05, 4.69) is 20.7 Å². The number of urea groups is 1. The molecule has 4 N–H and O–H groups in total. The van der Waals surface area contributed by atoms with Gasteiger partial charge in [0.15, 0.2) is 0 Å². The number of benzene rings is 2. The van der Waals surface area contributed by atoms with Crippen molar-refractivity contribution < 1.29 is 22.7 Å². The van der Waals surface area contributed by atoms with Crippen molar-refractivity contribution in [2.75, 3.05) is 28.2 Å². The number of ether oxygens (including phenoxy) is 1. The van der Waals surface area contributed by atoms with Gasteiger partial charge in [-0.3, -0.25) is 9.52 Å². The van der Waals surface area contributed by atoms with Crippen LogP contribution in [0, 0.1) is 0 Å².